The van der Waals surface area contributed by atoms with Gasteiger partial charge in [-0.05, 0) is 102 Å². The number of benzene rings is 4. The summed E-state index contributed by atoms with van der Waals surface area (Å²) >= 11 is 0. The van der Waals surface area contributed by atoms with Crippen LogP contribution in [0.1, 0.15) is 64.7 Å². The molecular formula is C37H38F6O4S. The van der Waals surface area contributed by atoms with E-state index >= 15 is 0 Å². The lowest BCUT2D eigenvalue weighted by Gasteiger charge is -2.38. The van der Waals surface area contributed by atoms with Crippen molar-refractivity contribution in [1.29, 1.82) is 0 Å². The van der Waals surface area contributed by atoms with Crippen LogP contribution in [0.15, 0.2) is 107 Å². The molecule has 0 N–H and O–H groups in total. The molecule has 1 unspecified atom stereocenters. The van der Waals surface area contributed by atoms with Crippen LogP contribution in [0.5, 0.6) is 17.2 Å². The molecule has 11 heteroatoms. The van der Waals surface area contributed by atoms with Crippen molar-refractivity contribution < 1.29 is 44.2 Å². The molecule has 0 heterocycles. The lowest BCUT2D eigenvalue weighted by Crippen LogP contribution is -2.54. The van der Waals surface area contributed by atoms with E-state index < -0.39 is 38.7 Å². The molecule has 4 aromatic carbocycles. The number of ether oxygens (including phenoxy) is 2. The number of sulfone groups is 1. The topological polar surface area (TPSA) is 52.6 Å². The Balaban J connectivity index is 1.60. The summed E-state index contributed by atoms with van der Waals surface area (Å²) in [6.07, 6.45) is -10.9. The van der Waals surface area contributed by atoms with Crippen molar-refractivity contribution in [2.24, 2.45) is 5.92 Å². The Bertz CT molecular complexity index is 1760. The highest BCUT2D eigenvalue weighted by atomic mass is 32.2. The minimum atomic E-state index is -5.75. The van der Waals surface area contributed by atoms with Crippen LogP contribution < -0.4 is 9.47 Å². The van der Waals surface area contributed by atoms with Crippen molar-refractivity contribution in [3.8, 4) is 17.2 Å². The summed E-state index contributed by atoms with van der Waals surface area (Å²) in [4.78, 5) is 0.0930. The van der Waals surface area contributed by atoms with Crippen LogP contribution in [0.25, 0.3) is 0 Å². The molecule has 0 aliphatic rings. The maximum absolute atomic E-state index is 14.6. The molecular weight excluding hydrogens is 654 g/mol. The lowest BCUT2D eigenvalue weighted by molar-refractivity contribution is -0.288. The number of hydrogen-bond acceptors (Lipinski definition) is 4. The molecule has 4 rings (SSSR count). The molecule has 0 aliphatic carbocycles. The molecule has 0 fully saturated rings. The zero-order valence-corrected chi connectivity index (χ0v) is 28.2. The predicted molar refractivity (Wildman–Crippen MR) is 172 cm³/mol. The van der Waals surface area contributed by atoms with E-state index in [4.69, 9.17) is 9.47 Å². The molecule has 48 heavy (non-hydrogen) atoms. The molecule has 0 saturated carbocycles. The van der Waals surface area contributed by atoms with Crippen molar-refractivity contribution in [2.45, 2.75) is 87.0 Å². The number of alkyl halides is 6. The van der Waals surface area contributed by atoms with Crippen LogP contribution >= 0.6 is 0 Å². The van der Waals surface area contributed by atoms with Gasteiger partial charge in [0.2, 0.25) is 15.3 Å². The third-order valence-corrected chi connectivity index (χ3v) is 10.7. The fourth-order valence-electron chi connectivity index (χ4n) is 5.14. The maximum Gasteiger partial charge on any atom is 0.411 e. The molecule has 4 nitrogen and oxygen atoms in total. The van der Waals surface area contributed by atoms with E-state index in [1.54, 1.807) is 31.2 Å². The van der Waals surface area contributed by atoms with E-state index in [2.05, 4.69) is 13.8 Å². The molecule has 0 radical (unpaired) electrons. The third kappa shape index (κ3) is 7.21. The molecule has 0 bridgehead atoms. The van der Waals surface area contributed by atoms with Crippen LogP contribution in [0.2, 0.25) is 0 Å². The van der Waals surface area contributed by atoms with Crippen molar-refractivity contribution in [3.05, 3.63) is 114 Å². The molecule has 4 aromatic rings. The van der Waals surface area contributed by atoms with Gasteiger partial charge < -0.3 is 9.47 Å². The van der Waals surface area contributed by atoms with Crippen molar-refractivity contribution in [2.75, 3.05) is 0 Å². The van der Waals surface area contributed by atoms with Gasteiger partial charge >= 0.3 is 12.4 Å². The third-order valence-electron chi connectivity index (χ3n) is 8.89. The summed E-state index contributed by atoms with van der Waals surface area (Å²) < 4.78 is 125. The van der Waals surface area contributed by atoms with Gasteiger partial charge in [-0.15, -0.1) is 0 Å². The first kappa shape index (κ1) is 36.8. The zero-order valence-electron chi connectivity index (χ0n) is 27.4. The Kier molecular flexibility index (Phi) is 10.4. The van der Waals surface area contributed by atoms with Gasteiger partial charge in [0.1, 0.15) is 17.2 Å². The summed E-state index contributed by atoms with van der Waals surface area (Å²) in [5.41, 5.74) is -5.51. The molecule has 258 valence electrons. The highest BCUT2D eigenvalue weighted by Crippen LogP contribution is 2.56. The van der Waals surface area contributed by atoms with Gasteiger partial charge in [0, 0.05) is 0 Å². The van der Waals surface area contributed by atoms with E-state index in [0.717, 1.165) is 60.5 Å². The maximum atomic E-state index is 14.6. The van der Waals surface area contributed by atoms with E-state index in [0.29, 0.717) is 0 Å². The Morgan fingerprint density at radius 3 is 1.31 bits per heavy atom. The summed E-state index contributed by atoms with van der Waals surface area (Å²) in [5.74, 6) is 0.302. The summed E-state index contributed by atoms with van der Waals surface area (Å²) in [5, 5.41) is 0. The van der Waals surface area contributed by atoms with Crippen molar-refractivity contribution in [3.63, 3.8) is 0 Å². The van der Waals surface area contributed by atoms with E-state index in [1.165, 1.54) is 24.3 Å². The minimum absolute atomic E-state index is 0.0112. The molecule has 0 saturated heterocycles. The van der Waals surface area contributed by atoms with Crippen LogP contribution in [0.3, 0.4) is 0 Å². The molecule has 0 amide bonds. The van der Waals surface area contributed by atoms with E-state index in [-0.39, 0.29) is 44.5 Å². The quantitative estimate of drug-likeness (QED) is 0.147. The first-order valence-electron chi connectivity index (χ1n) is 15.4. The van der Waals surface area contributed by atoms with Crippen LogP contribution in [-0.4, -0.2) is 26.9 Å². The fourth-order valence-corrected chi connectivity index (χ4v) is 6.40. The number of halogens is 6. The smallest absolute Gasteiger partial charge is 0.411 e. The number of rotatable bonds is 11. The Morgan fingerprint density at radius 2 is 0.938 bits per heavy atom. The monoisotopic (exact) mass is 692 g/mol. The summed E-state index contributed by atoms with van der Waals surface area (Å²) in [6, 6.07) is 19.2. The van der Waals surface area contributed by atoms with Gasteiger partial charge in [0.15, 0.2) is 0 Å². The van der Waals surface area contributed by atoms with Gasteiger partial charge in [-0.3, -0.25) is 0 Å². The van der Waals surface area contributed by atoms with Crippen molar-refractivity contribution >= 4 is 9.84 Å². The lowest BCUT2D eigenvalue weighted by atomic mass is 9.73. The minimum Gasteiger partial charge on any atom is -0.490 e. The van der Waals surface area contributed by atoms with Crippen LogP contribution in [0, 0.1) is 5.92 Å². The molecule has 0 spiro atoms. The Morgan fingerprint density at radius 1 is 0.583 bits per heavy atom. The SMILES string of the molecule is CCC(C)(C)c1ccc(S(=O)(=O)c2ccc(Oc3ccc(C(c4ccc(OC(C)C(C)C)cc4)(C(F)(F)F)C(F)(F)F)cc3)cc2)cc1. The first-order chi connectivity index (χ1) is 22.2. The highest BCUT2D eigenvalue weighted by molar-refractivity contribution is 7.91. The predicted octanol–water partition coefficient (Wildman–Crippen LogP) is 10.8. The fraction of sp³-hybridized carbons (Fsp3) is 0.351. The zero-order chi connectivity index (χ0) is 35.7. The molecule has 1 atom stereocenters. The summed E-state index contributed by atoms with van der Waals surface area (Å²) in [7, 11) is -3.86. The Labute approximate surface area is 277 Å². The summed E-state index contributed by atoms with van der Waals surface area (Å²) in [6.45, 7) is 11.7. The van der Waals surface area contributed by atoms with E-state index in [9.17, 15) is 34.8 Å². The second-order valence-electron chi connectivity index (χ2n) is 12.7. The normalized spacial score (nSPS) is 13.8. The molecule has 0 aliphatic heterocycles. The number of hydrogen-bond donors (Lipinski definition) is 0. The largest absolute Gasteiger partial charge is 0.490 e. The van der Waals surface area contributed by atoms with Gasteiger partial charge in [-0.1, -0.05) is 71.0 Å². The first-order valence-corrected chi connectivity index (χ1v) is 16.9. The van der Waals surface area contributed by atoms with Gasteiger partial charge in [-0.25, -0.2) is 8.42 Å². The molecule has 0 aromatic heterocycles. The standard InChI is InChI=1S/C37H38F6O4S/c1-7-34(5,6)26-12-20-32(21-13-26)48(44,45)33-22-18-31(19-23-33)47-30-16-10-28(11-17-30)35(36(38,39)40,37(41,42)43)27-8-14-29(15-9-27)46-25(4)24(2)3/h8-25H,7H2,1-6H3. The van der Waals surface area contributed by atoms with Gasteiger partial charge in [0.05, 0.1) is 15.9 Å². The van der Waals surface area contributed by atoms with Crippen LogP contribution in [-0.2, 0) is 20.7 Å². The van der Waals surface area contributed by atoms with Gasteiger partial charge in [0.25, 0.3) is 0 Å². The average Bonchev–Trinajstić information content (AvgIpc) is 3.02. The Hall–Kier alpha value is -3.99. The highest BCUT2D eigenvalue weighted by Gasteiger charge is 2.72. The van der Waals surface area contributed by atoms with Crippen LogP contribution in [0.4, 0.5) is 26.3 Å². The average molecular weight is 693 g/mol. The second-order valence-corrected chi connectivity index (χ2v) is 14.6. The second kappa shape index (κ2) is 13.5. The van der Waals surface area contributed by atoms with Gasteiger partial charge in [-0.2, -0.15) is 26.3 Å². The van der Waals surface area contributed by atoms with E-state index in [1.807, 2.05) is 20.8 Å². The van der Waals surface area contributed by atoms with Crippen molar-refractivity contribution in [1.82, 2.24) is 0 Å².